The molecule has 1 aliphatic rings. The largest absolute Gasteiger partial charge is 0.494 e. The highest BCUT2D eigenvalue weighted by molar-refractivity contribution is 5.39. The van der Waals surface area contributed by atoms with E-state index in [1.807, 2.05) is 0 Å². The molecule has 1 fully saturated rings. The molecule has 0 atom stereocenters. The molecule has 1 aromatic carbocycles. The van der Waals surface area contributed by atoms with E-state index in [2.05, 4.69) is 32.0 Å². The van der Waals surface area contributed by atoms with Gasteiger partial charge in [0, 0.05) is 5.92 Å². The molecule has 106 valence electrons. The van der Waals surface area contributed by atoms with Gasteiger partial charge in [-0.15, -0.1) is 0 Å². The summed E-state index contributed by atoms with van der Waals surface area (Å²) >= 11 is 0. The highest BCUT2D eigenvalue weighted by Gasteiger charge is 2.23. The maximum atomic E-state index is 5.82. The Balaban J connectivity index is 2.06. The number of ether oxygens (including phenoxy) is 2. The SMILES string of the molecule is CCCCOc1ccc(CCCC)c(C2COC2)c1. The third-order valence-corrected chi connectivity index (χ3v) is 3.76. The molecule has 0 aliphatic carbocycles. The van der Waals surface area contributed by atoms with Crippen LogP contribution in [0.1, 0.15) is 56.6 Å². The van der Waals surface area contributed by atoms with Crippen molar-refractivity contribution in [2.75, 3.05) is 19.8 Å². The molecule has 2 rings (SSSR count). The molecule has 1 aliphatic heterocycles. The van der Waals surface area contributed by atoms with Crippen LogP contribution < -0.4 is 4.74 Å². The highest BCUT2D eigenvalue weighted by Crippen LogP contribution is 2.31. The van der Waals surface area contributed by atoms with E-state index in [0.29, 0.717) is 5.92 Å². The molecule has 0 amide bonds. The van der Waals surface area contributed by atoms with Crippen LogP contribution in [0.2, 0.25) is 0 Å². The van der Waals surface area contributed by atoms with Crippen LogP contribution in [-0.4, -0.2) is 19.8 Å². The molecule has 19 heavy (non-hydrogen) atoms. The number of hydrogen-bond acceptors (Lipinski definition) is 2. The molecular formula is C17H26O2. The zero-order valence-electron chi connectivity index (χ0n) is 12.3. The normalized spacial score (nSPS) is 15.3. The second-order valence-electron chi connectivity index (χ2n) is 5.40. The fraction of sp³-hybridized carbons (Fsp3) is 0.647. The second kappa shape index (κ2) is 7.54. The lowest BCUT2D eigenvalue weighted by atomic mass is 9.90. The first-order valence-corrected chi connectivity index (χ1v) is 7.68. The Morgan fingerprint density at radius 3 is 2.58 bits per heavy atom. The van der Waals surface area contributed by atoms with E-state index in [9.17, 15) is 0 Å². The summed E-state index contributed by atoms with van der Waals surface area (Å²) in [7, 11) is 0. The van der Waals surface area contributed by atoms with Crippen molar-refractivity contribution in [2.45, 2.75) is 51.9 Å². The molecule has 0 spiro atoms. The van der Waals surface area contributed by atoms with Crippen LogP contribution in [-0.2, 0) is 11.2 Å². The number of hydrogen-bond donors (Lipinski definition) is 0. The molecule has 1 saturated heterocycles. The number of aryl methyl sites for hydroxylation is 1. The van der Waals surface area contributed by atoms with Crippen LogP contribution >= 0.6 is 0 Å². The second-order valence-corrected chi connectivity index (χ2v) is 5.40. The Morgan fingerprint density at radius 1 is 1.16 bits per heavy atom. The van der Waals surface area contributed by atoms with Crippen LogP contribution in [0.3, 0.4) is 0 Å². The van der Waals surface area contributed by atoms with Crippen molar-refractivity contribution in [3.05, 3.63) is 29.3 Å². The van der Waals surface area contributed by atoms with E-state index in [4.69, 9.17) is 9.47 Å². The lowest BCUT2D eigenvalue weighted by Crippen LogP contribution is -2.26. The van der Waals surface area contributed by atoms with Crippen molar-refractivity contribution in [3.8, 4) is 5.75 Å². The van der Waals surface area contributed by atoms with Crippen LogP contribution in [0.4, 0.5) is 0 Å². The molecular weight excluding hydrogens is 236 g/mol. The Kier molecular flexibility index (Phi) is 5.71. The first-order valence-electron chi connectivity index (χ1n) is 7.68. The third kappa shape index (κ3) is 3.97. The monoisotopic (exact) mass is 262 g/mol. The lowest BCUT2D eigenvalue weighted by molar-refractivity contribution is 0.00798. The highest BCUT2D eigenvalue weighted by atomic mass is 16.5. The molecule has 1 heterocycles. The minimum atomic E-state index is 0.585. The van der Waals surface area contributed by atoms with Gasteiger partial charge in [0.25, 0.3) is 0 Å². The number of unbranched alkanes of at least 4 members (excludes halogenated alkanes) is 2. The summed E-state index contributed by atoms with van der Waals surface area (Å²) < 4.78 is 11.2. The van der Waals surface area contributed by atoms with Crippen molar-refractivity contribution >= 4 is 0 Å². The van der Waals surface area contributed by atoms with Crippen LogP contribution in [0, 0.1) is 0 Å². The van der Waals surface area contributed by atoms with Crippen LogP contribution in [0.25, 0.3) is 0 Å². The Bertz CT molecular complexity index is 383. The maximum absolute atomic E-state index is 5.82. The summed E-state index contributed by atoms with van der Waals surface area (Å²) in [5, 5.41) is 0. The van der Waals surface area contributed by atoms with E-state index >= 15 is 0 Å². The molecule has 0 saturated carbocycles. The average Bonchev–Trinajstić information content (AvgIpc) is 2.36. The maximum Gasteiger partial charge on any atom is 0.119 e. The molecule has 2 heteroatoms. The lowest BCUT2D eigenvalue weighted by Gasteiger charge is -2.28. The van der Waals surface area contributed by atoms with Crippen molar-refractivity contribution in [1.82, 2.24) is 0 Å². The van der Waals surface area contributed by atoms with E-state index in [1.165, 1.54) is 36.8 Å². The van der Waals surface area contributed by atoms with Gasteiger partial charge in [0.15, 0.2) is 0 Å². The van der Waals surface area contributed by atoms with E-state index < -0.39 is 0 Å². The van der Waals surface area contributed by atoms with E-state index in [0.717, 1.165) is 32.0 Å². The van der Waals surface area contributed by atoms with Crippen LogP contribution in [0.5, 0.6) is 5.75 Å². The molecule has 0 radical (unpaired) electrons. The first kappa shape index (κ1) is 14.4. The standard InChI is InChI=1S/C17H26O2/c1-3-5-7-14-8-9-16(19-10-6-4-2)11-17(14)15-12-18-13-15/h8-9,11,15H,3-7,10,12-13H2,1-2H3. The van der Waals surface area contributed by atoms with Crippen molar-refractivity contribution in [3.63, 3.8) is 0 Å². The molecule has 0 unspecified atom stereocenters. The minimum absolute atomic E-state index is 0.585. The molecule has 1 aromatic rings. The van der Waals surface area contributed by atoms with Gasteiger partial charge < -0.3 is 9.47 Å². The molecule has 0 bridgehead atoms. The van der Waals surface area contributed by atoms with Gasteiger partial charge in [0.2, 0.25) is 0 Å². The fourth-order valence-electron chi connectivity index (χ4n) is 2.39. The predicted octanol–water partition coefficient (Wildman–Crippen LogP) is 4.32. The topological polar surface area (TPSA) is 18.5 Å². The number of benzene rings is 1. The van der Waals surface area contributed by atoms with Gasteiger partial charge in [0.05, 0.1) is 19.8 Å². The first-order chi connectivity index (χ1) is 9.35. The fourth-order valence-corrected chi connectivity index (χ4v) is 2.39. The van der Waals surface area contributed by atoms with Crippen molar-refractivity contribution < 1.29 is 9.47 Å². The van der Waals surface area contributed by atoms with Crippen LogP contribution in [0.15, 0.2) is 18.2 Å². The van der Waals surface area contributed by atoms with Gasteiger partial charge in [-0.3, -0.25) is 0 Å². The van der Waals surface area contributed by atoms with Gasteiger partial charge >= 0.3 is 0 Å². The average molecular weight is 262 g/mol. The summed E-state index contributed by atoms with van der Waals surface area (Å²) in [6.45, 7) is 7.00. The van der Waals surface area contributed by atoms with Gasteiger partial charge in [-0.05, 0) is 42.5 Å². The van der Waals surface area contributed by atoms with E-state index in [-0.39, 0.29) is 0 Å². The van der Waals surface area contributed by atoms with Gasteiger partial charge in [-0.2, -0.15) is 0 Å². The quantitative estimate of drug-likeness (QED) is 0.649. The molecule has 2 nitrogen and oxygen atoms in total. The zero-order valence-corrected chi connectivity index (χ0v) is 12.3. The van der Waals surface area contributed by atoms with Gasteiger partial charge in [0.1, 0.15) is 5.75 Å². The van der Waals surface area contributed by atoms with E-state index in [1.54, 1.807) is 0 Å². The van der Waals surface area contributed by atoms with Gasteiger partial charge in [-0.1, -0.05) is 32.8 Å². The molecule has 0 N–H and O–H groups in total. The summed E-state index contributed by atoms with van der Waals surface area (Å²) in [5.74, 6) is 1.61. The van der Waals surface area contributed by atoms with Crippen molar-refractivity contribution in [2.24, 2.45) is 0 Å². The summed E-state index contributed by atoms with van der Waals surface area (Å²) in [4.78, 5) is 0. The predicted molar refractivity (Wildman–Crippen MR) is 79.0 cm³/mol. The minimum Gasteiger partial charge on any atom is -0.494 e. The third-order valence-electron chi connectivity index (χ3n) is 3.76. The number of rotatable bonds is 8. The smallest absolute Gasteiger partial charge is 0.119 e. The zero-order chi connectivity index (χ0) is 13.5. The summed E-state index contributed by atoms with van der Waals surface area (Å²) in [5.41, 5.74) is 2.94. The Labute approximate surface area is 117 Å². The van der Waals surface area contributed by atoms with Gasteiger partial charge in [-0.25, -0.2) is 0 Å². The molecule has 0 aromatic heterocycles. The Morgan fingerprint density at radius 2 is 1.95 bits per heavy atom. The van der Waals surface area contributed by atoms with Crippen molar-refractivity contribution in [1.29, 1.82) is 0 Å². The summed E-state index contributed by atoms with van der Waals surface area (Å²) in [6.07, 6.45) is 5.99. The summed E-state index contributed by atoms with van der Waals surface area (Å²) in [6, 6.07) is 6.63. The Hall–Kier alpha value is -1.02.